The molecule has 3 aromatic rings. The lowest BCUT2D eigenvalue weighted by Crippen LogP contribution is -3.14. The van der Waals surface area contributed by atoms with Crippen LogP contribution in [0.2, 0.25) is 0 Å². The van der Waals surface area contributed by atoms with Crippen molar-refractivity contribution in [3.8, 4) is 5.75 Å². The Kier molecular flexibility index (Phi) is 5.57. The van der Waals surface area contributed by atoms with E-state index in [0.29, 0.717) is 13.2 Å². The van der Waals surface area contributed by atoms with Crippen LogP contribution in [0.15, 0.2) is 53.2 Å². The Morgan fingerprint density at radius 3 is 2.89 bits per heavy atom. The topological polar surface area (TPSA) is 42.8 Å². The van der Waals surface area contributed by atoms with Gasteiger partial charge in [0, 0.05) is 16.9 Å². The lowest BCUT2D eigenvalue weighted by Gasteiger charge is -2.31. The van der Waals surface area contributed by atoms with Gasteiger partial charge in [0.25, 0.3) is 5.91 Å². The van der Waals surface area contributed by atoms with Gasteiger partial charge in [-0.3, -0.25) is 4.79 Å². The highest BCUT2D eigenvalue weighted by molar-refractivity contribution is 7.10. The first-order chi connectivity index (χ1) is 13.3. The fraction of sp³-hybridized carbons (Fsp3) is 0.286. The first-order valence-corrected chi connectivity index (χ1v) is 11.0. The zero-order valence-corrected chi connectivity index (χ0v) is 16.9. The minimum absolute atomic E-state index is 0.0254. The molecule has 0 spiro atoms. The number of benzene rings is 1. The average molecular weight is 400 g/mol. The van der Waals surface area contributed by atoms with Crippen LogP contribution in [0, 0.1) is 0 Å². The van der Waals surface area contributed by atoms with Gasteiger partial charge in [-0.1, -0.05) is 18.2 Å². The van der Waals surface area contributed by atoms with Gasteiger partial charge < -0.3 is 15.0 Å². The maximum absolute atomic E-state index is 12.8. The highest BCUT2D eigenvalue weighted by Gasteiger charge is 2.35. The second-order valence-corrected chi connectivity index (χ2v) is 8.54. The molecule has 6 heteroatoms. The second kappa shape index (κ2) is 8.25. The fourth-order valence-electron chi connectivity index (χ4n) is 3.70. The van der Waals surface area contributed by atoms with Crippen LogP contribution < -0.4 is 15.0 Å². The summed E-state index contributed by atoms with van der Waals surface area (Å²) >= 11 is 3.60. The molecule has 27 heavy (non-hydrogen) atoms. The number of anilines is 1. The highest BCUT2D eigenvalue weighted by atomic mass is 32.1. The number of rotatable bonds is 6. The van der Waals surface area contributed by atoms with Crippen LogP contribution in [-0.4, -0.2) is 25.6 Å². The molecule has 4 rings (SSSR count). The van der Waals surface area contributed by atoms with Crippen molar-refractivity contribution in [3.05, 3.63) is 68.5 Å². The molecule has 1 aromatic carbocycles. The van der Waals surface area contributed by atoms with Crippen molar-refractivity contribution >= 4 is 34.3 Å². The van der Waals surface area contributed by atoms with Gasteiger partial charge in [-0.2, -0.15) is 0 Å². The van der Waals surface area contributed by atoms with Crippen LogP contribution >= 0.6 is 22.7 Å². The number of para-hydroxylation sites is 2. The van der Waals surface area contributed by atoms with Crippen molar-refractivity contribution in [1.29, 1.82) is 0 Å². The minimum atomic E-state index is 0.0254. The third-order valence-corrected chi connectivity index (χ3v) is 6.78. The SMILES string of the molecule is CCOc1ccccc1NC(=O)C[NH+]1CCc2sccc2[C@@H]1c1cccs1. The Labute approximate surface area is 167 Å². The van der Waals surface area contributed by atoms with E-state index >= 15 is 0 Å². The molecular weight excluding hydrogens is 376 g/mol. The van der Waals surface area contributed by atoms with Crippen molar-refractivity contribution in [2.24, 2.45) is 0 Å². The second-order valence-electron chi connectivity index (χ2n) is 6.56. The van der Waals surface area contributed by atoms with Gasteiger partial charge >= 0.3 is 0 Å². The average Bonchev–Trinajstić information content (AvgIpc) is 3.35. The summed E-state index contributed by atoms with van der Waals surface area (Å²) in [6.45, 7) is 3.93. The van der Waals surface area contributed by atoms with E-state index in [4.69, 9.17) is 4.74 Å². The number of hydrogen-bond acceptors (Lipinski definition) is 4. The van der Waals surface area contributed by atoms with Crippen LogP contribution in [0.5, 0.6) is 5.75 Å². The van der Waals surface area contributed by atoms with Gasteiger partial charge in [-0.05, 0) is 41.9 Å². The number of hydrogen-bond donors (Lipinski definition) is 2. The van der Waals surface area contributed by atoms with Crippen molar-refractivity contribution in [3.63, 3.8) is 0 Å². The van der Waals surface area contributed by atoms with Crippen LogP contribution in [0.25, 0.3) is 0 Å². The molecule has 1 aliphatic rings. The van der Waals surface area contributed by atoms with Gasteiger partial charge in [0.1, 0.15) is 11.8 Å². The predicted octanol–water partition coefficient (Wildman–Crippen LogP) is 3.38. The molecule has 2 N–H and O–H groups in total. The molecule has 0 radical (unpaired) electrons. The molecule has 0 saturated carbocycles. The normalized spacial score (nSPS) is 18.7. The van der Waals surface area contributed by atoms with Crippen molar-refractivity contribution in [2.45, 2.75) is 19.4 Å². The van der Waals surface area contributed by atoms with E-state index < -0.39 is 0 Å². The number of quaternary nitrogens is 1. The van der Waals surface area contributed by atoms with E-state index in [1.165, 1.54) is 20.2 Å². The fourth-order valence-corrected chi connectivity index (χ4v) is 5.52. The molecule has 4 nitrogen and oxygen atoms in total. The quantitative estimate of drug-likeness (QED) is 0.667. The summed E-state index contributed by atoms with van der Waals surface area (Å²) in [6.07, 6.45) is 1.03. The summed E-state index contributed by atoms with van der Waals surface area (Å²) in [7, 11) is 0. The van der Waals surface area contributed by atoms with Gasteiger partial charge in [0.15, 0.2) is 6.54 Å². The first kappa shape index (κ1) is 18.2. The van der Waals surface area contributed by atoms with Crippen molar-refractivity contribution < 1.29 is 14.4 Å². The highest BCUT2D eigenvalue weighted by Crippen LogP contribution is 2.31. The Morgan fingerprint density at radius 2 is 2.07 bits per heavy atom. The molecule has 0 fully saturated rings. The Bertz CT molecular complexity index is 905. The van der Waals surface area contributed by atoms with E-state index in [1.807, 2.05) is 42.5 Å². The molecule has 3 heterocycles. The molecule has 2 atom stereocenters. The number of ether oxygens (including phenoxy) is 1. The van der Waals surface area contributed by atoms with Gasteiger partial charge in [0.2, 0.25) is 0 Å². The van der Waals surface area contributed by atoms with Gasteiger partial charge in [-0.15, -0.1) is 22.7 Å². The lowest BCUT2D eigenvalue weighted by molar-refractivity contribution is -0.919. The predicted molar refractivity (Wildman–Crippen MR) is 111 cm³/mol. The lowest BCUT2D eigenvalue weighted by atomic mass is 9.98. The van der Waals surface area contributed by atoms with E-state index in [1.54, 1.807) is 11.3 Å². The molecule has 0 bridgehead atoms. The minimum Gasteiger partial charge on any atom is -0.492 e. The van der Waals surface area contributed by atoms with E-state index in [-0.39, 0.29) is 11.9 Å². The number of carbonyl (C=O) groups excluding carboxylic acids is 1. The Hall–Kier alpha value is -2.15. The molecule has 0 aliphatic carbocycles. The first-order valence-electron chi connectivity index (χ1n) is 9.22. The summed E-state index contributed by atoms with van der Waals surface area (Å²) in [5.41, 5.74) is 2.12. The summed E-state index contributed by atoms with van der Waals surface area (Å²) in [4.78, 5) is 16.9. The van der Waals surface area contributed by atoms with E-state index in [9.17, 15) is 4.79 Å². The van der Waals surface area contributed by atoms with Crippen molar-refractivity contribution in [1.82, 2.24) is 0 Å². The number of fused-ring (bicyclic) bond motifs is 1. The van der Waals surface area contributed by atoms with E-state index in [0.717, 1.165) is 24.4 Å². The molecule has 1 amide bonds. The molecule has 140 valence electrons. The number of carbonyl (C=O) groups is 1. The zero-order valence-electron chi connectivity index (χ0n) is 15.2. The number of thiophene rings is 2. The third kappa shape index (κ3) is 3.93. The monoisotopic (exact) mass is 399 g/mol. The smallest absolute Gasteiger partial charge is 0.279 e. The van der Waals surface area contributed by atoms with Gasteiger partial charge in [-0.25, -0.2) is 0 Å². The van der Waals surface area contributed by atoms with Gasteiger partial charge in [0.05, 0.1) is 23.7 Å². The Morgan fingerprint density at radius 1 is 1.19 bits per heavy atom. The van der Waals surface area contributed by atoms with Crippen LogP contribution in [-0.2, 0) is 11.2 Å². The van der Waals surface area contributed by atoms with Crippen LogP contribution in [0.4, 0.5) is 5.69 Å². The largest absolute Gasteiger partial charge is 0.492 e. The molecular formula is C21H23N2O2S2+. The zero-order chi connectivity index (χ0) is 18.6. The summed E-state index contributed by atoms with van der Waals surface area (Å²) in [5.74, 6) is 0.745. The standard InChI is InChI=1S/C21H22N2O2S2/c1-2-25-17-7-4-3-6-16(17)22-20(24)14-23-11-9-18-15(10-13-27-18)21(23)19-8-5-12-26-19/h3-8,10,12-13,21H,2,9,11,14H2,1H3,(H,22,24)/p+1/t21-/m1/s1. The molecule has 2 aromatic heterocycles. The van der Waals surface area contributed by atoms with E-state index in [2.05, 4.69) is 34.3 Å². The molecule has 0 saturated heterocycles. The number of nitrogens with one attached hydrogen (secondary N) is 2. The van der Waals surface area contributed by atoms with Crippen LogP contribution in [0.3, 0.4) is 0 Å². The summed E-state index contributed by atoms with van der Waals surface area (Å²) in [5, 5.41) is 7.34. The summed E-state index contributed by atoms with van der Waals surface area (Å²) < 4.78 is 5.63. The third-order valence-electron chi connectivity index (χ3n) is 4.85. The maximum atomic E-state index is 12.8. The maximum Gasteiger partial charge on any atom is 0.279 e. The van der Waals surface area contributed by atoms with Crippen LogP contribution in [0.1, 0.15) is 28.3 Å². The summed E-state index contributed by atoms with van der Waals surface area (Å²) in [6, 6.07) is 14.4. The molecule has 1 aliphatic heterocycles. The Balaban J connectivity index is 1.52. The molecule has 1 unspecified atom stereocenters. The van der Waals surface area contributed by atoms with Crippen molar-refractivity contribution in [2.75, 3.05) is 25.0 Å². The number of amides is 1.